The third kappa shape index (κ3) is 8.92. The number of rotatable bonds is 16. The van der Waals surface area contributed by atoms with E-state index in [2.05, 4.69) is 5.32 Å². The fourth-order valence-corrected chi connectivity index (χ4v) is 6.69. The summed E-state index contributed by atoms with van der Waals surface area (Å²) in [6, 6.07) is 29.0. The number of amides is 2. The van der Waals surface area contributed by atoms with Gasteiger partial charge in [-0.25, -0.2) is 8.42 Å². The lowest BCUT2D eigenvalue weighted by atomic mass is 10.0. The van der Waals surface area contributed by atoms with Crippen molar-refractivity contribution in [3.63, 3.8) is 0 Å². The van der Waals surface area contributed by atoms with E-state index in [1.165, 1.54) is 37.3 Å². The Labute approximate surface area is 278 Å². The molecule has 0 unspecified atom stereocenters. The van der Waals surface area contributed by atoms with Crippen molar-refractivity contribution in [2.45, 2.75) is 50.6 Å². The lowest BCUT2D eigenvalue weighted by Gasteiger charge is -2.34. The molecule has 10 heteroatoms. The molecular weight excluding hydrogens is 614 g/mol. The molecule has 248 valence electrons. The van der Waals surface area contributed by atoms with Gasteiger partial charge in [0.15, 0.2) is 11.5 Å². The van der Waals surface area contributed by atoms with Gasteiger partial charge in [-0.3, -0.25) is 13.9 Å². The molecule has 9 nitrogen and oxygen atoms in total. The van der Waals surface area contributed by atoms with Gasteiger partial charge in [-0.05, 0) is 54.3 Å². The van der Waals surface area contributed by atoms with E-state index in [1.807, 2.05) is 68.4 Å². The van der Waals surface area contributed by atoms with Crippen LogP contribution in [0.4, 0.5) is 5.69 Å². The van der Waals surface area contributed by atoms with Crippen molar-refractivity contribution in [3.8, 4) is 11.5 Å². The molecule has 0 aliphatic rings. The summed E-state index contributed by atoms with van der Waals surface area (Å²) < 4.78 is 40.4. The van der Waals surface area contributed by atoms with Crippen LogP contribution < -0.4 is 19.1 Å². The molecule has 1 N–H and O–H groups in total. The van der Waals surface area contributed by atoms with Crippen LogP contribution in [0.15, 0.2) is 108 Å². The number of para-hydroxylation sites is 1. The highest BCUT2D eigenvalue weighted by Gasteiger charge is 2.35. The third-order valence-electron chi connectivity index (χ3n) is 7.97. The van der Waals surface area contributed by atoms with Crippen molar-refractivity contribution in [3.05, 3.63) is 120 Å². The fraction of sp³-hybridized carbons (Fsp3) is 0.297. The quantitative estimate of drug-likeness (QED) is 0.154. The standard InChI is InChI=1S/C37H43N3O6S/c1-5-6-23-38-37(42)33(24-29-16-9-7-10-17-29)39(26-30-18-14-13-15-28(30)2)36(41)27-40(31-19-11-8-12-20-31)47(43,44)32-21-22-34(45-3)35(25-32)46-4/h7-22,25,33H,5-6,23-24,26-27H2,1-4H3,(H,38,42)/t33-/m0/s1. The second-order valence-corrected chi connectivity index (χ2v) is 13.0. The molecule has 4 aromatic carbocycles. The SMILES string of the molecule is CCCCNC(=O)[C@H](Cc1ccccc1)N(Cc1ccccc1C)C(=O)CN(c1ccccc1)S(=O)(=O)c1ccc(OC)c(OC)c1. The number of carbonyl (C=O) groups is 2. The Morgan fingerprint density at radius 3 is 2.11 bits per heavy atom. The molecule has 2 amide bonds. The maximum Gasteiger partial charge on any atom is 0.264 e. The summed E-state index contributed by atoms with van der Waals surface area (Å²) in [5.74, 6) is -0.206. The number of methoxy groups -OCH3 is 2. The van der Waals surface area contributed by atoms with Crippen LogP contribution in [0.3, 0.4) is 0 Å². The lowest BCUT2D eigenvalue weighted by molar-refractivity contribution is -0.140. The van der Waals surface area contributed by atoms with E-state index in [4.69, 9.17) is 9.47 Å². The van der Waals surface area contributed by atoms with Crippen molar-refractivity contribution >= 4 is 27.5 Å². The fourth-order valence-electron chi connectivity index (χ4n) is 5.26. The van der Waals surface area contributed by atoms with Crippen LogP contribution in [0, 0.1) is 6.92 Å². The maximum absolute atomic E-state index is 14.6. The topological polar surface area (TPSA) is 105 Å². The van der Waals surface area contributed by atoms with Gasteiger partial charge in [-0.1, -0.05) is 86.1 Å². The predicted octanol–water partition coefficient (Wildman–Crippen LogP) is 5.76. The molecule has 0 aliphatic heterocycles. The number of aryl methyl sites for hydroxylation is 1. The van der Waals surface area contributed by atoms with Crippen molar-refractivity contribution in [1.82, 2.24) is 10.2 Å². The van der Waals surface area contributed by atoms with Crippen LogP contribution in [0.2, 0.25) is 0 Å². The molecule has 0 bridgehead atoms. The smallest absolute Gasteiger partial charge is 0.264 e. The third-order valence-corrected chi connectivity index (χ3v) is 9.74. The number of hydrogen-bond donors (Lipinski definition) is 1. The Morgan fingerprint density at radius 1 is 0.830 bits per heavy atom. The molecular formula is C37H43N3O6S. The van der Waals surface area contributed by atoms with Crippen LogP contribution in [0.1, 0.15) is 36.5 Å². The molecule has 0 saturated carbocycles. The van der Waals surface area contributed by atoms with Gasteiger partial charge in [-0.2, -0.15) is 0 Å². The van der Waals surface area contributed by atoms with Crippen LogP contribution in [0.25, 0.3) is 0 Å². The van der Waals surface area contributed by atoms with Crippen LogP contribution in [-0.4, -0.2) is 58.5 Å². The van der Waals surface area contributed by atoms with E-state index in [9.17, 15) is 18.0 Å². The van der Waals surface area contributed by atoms with E-state index in [0.29, 0.717) is 18.0 Å². The molecule has 0 saturated heterocycles. The van der Waals surface area contributed by atoms with Crippen molar-refractivity contribution in [1.29, 1.82) is 0 Å². The van der Waals surface area contributed by atoms with Crippen molar-refractivity contribution in [2.24, 2.45) is 0 Å². The van der Waals surface area contributed by atoms with Crippen LogP contribution in [-0.2, 0) is 32.6 Å². The molecule has 4 aromatic rings. The lowest BCUT2D eigenvalue weighted by Crippen LogP contribution is -2.53. The molecule has 0 heterocycles. The Hall–Kier alpha value is -4.83. The average Bonchev–Trinajstić information content (AvgIpc) is 3.09. The zero-order chi connectivity index (χ0) is 33.8. The second-order valence-electron chi connectivity index (χ2n) is 11.2. The maximum atomic E-state index is 14.6. The van der Waals surface area contributed by atoms with E-state index in [-0.39, 0.29) is 29.5 Å². The van der Waals surface area contributed by atoms with Gasteiger partial charge >= 0.3 is 0 Å². The average molecular weight is 658 g/mol. The molecule has 0 fully saturated rings. The molecule has 0 aliphatic carbocycles. The zero-order valence-corrected chi connectivity index (χ0v) is 28.2. The first-order chi connectivity index (χ1) is 22.7. The first kappa shape index (κ1) is 35.0. The minimum atomic E-state index is -4.29. The van der Waals surface area contributed by atoms with Crippen LogP contribution in [0.5, 0.6) is 11.5 Å². The highest BCUT2D eigenvalue weighted by atomic mass is 32.2. The molecule has 4 rings (SSSR count). The number of anilines is 1. The molecule has 47 heavy (non-hydrogen) atoms. The van der Waals surface area contributed by atoms with Gasteiger partial charge in [0.1, 0.15) is 12.6 Å². The Bertz CT molecular complexity index is 1730. The van der Waals surface area contributed by atoms with Gasteiger partial charge in [0.05, 0.1) is 24.8 Å². The van der Waals surface area contributed by atoms with Gasteiger partial charge in [0, 0.05) is 25.6 Å². The summed E-state index contributed by atoms with van der Waals surface area (Å²) in [7, 11) is -1.40. The van der Waals surface area contributed by atoms with Gasteiger partial charge < -0.3 is 19.7 Å². The van der Waals surface area contributed by atoms with Gasteiger partial charge in [0.25, 0.3) is 10.0 Å². The van der Waals surface area contributed by atoms with Gasteiger partial charge in [0.2, 0.25) is 11.8 Å². The Morgan fingerprint density at radius 2 is 1.47 bits per heavy atom. The minimum absolute atomic E-state index is 0.0737. The number of unbranched alkanes of at least 4 members (excludes halogenated alkanes) is 1. The Kier molecular flexibility index (Phi) is 12.4. The summed E-state index contributed by atoms with van der Waals surface area (Å²) in [5, 5.41) is 3.01. The van der Waals surface area contributed by atoms with E-state index in [0.717, 1.165) is 33.8 Å². The number of benzene rings is 4. The highest BCUT2D eigenvalue weighted by molar-refractivity contribution is 7.92. The summed E-state index contributed by atoms with van der Waals surface area (Å²) >= 11 is 0. The monoisotopic (exact) mass is 657 g/mol. The first-order valence-electron chi connectivity index (χ1n) is 15.6. The first-order valence-corrected chi connectivity index (χ1v) is 17.1. The van der Waals surface area contributed by atoms with E-state index >= 15 is 0 Å². The number of sulfonamides is 1. The van der Waals surface area contributed by atoms with Crippen LogP contribution >= 0.6 is 0 Å². The number of nitrogens with zero attached hydrogens (tertiary/aromatic N) is 2. The summed E-state index contributed by atoms with van der Waals surface area (Å²) in [5.41, 5.74) is 2.99. The summed E-state index contributed by atoms with van der Waals surface area (Å²) in [6.07, 6.45) is 1.95. The number of ether oxygens (including phenoxy) is 2. The van der Waals surface area contributed by atoms with E-state index in [1.54, 1.807) is 30.3 Å². The number of hydrogen-bond acceptors (Lipinski definition) is 6. The minimum Gasteiger partial charge on any atom is -0.493 e. The molecule has 0 aromatic heterocycles. The normalized spacial score (nSPS) is 11.7. The Balaban J connectivity index is 1.80. The predicted molar refractivity (Wildman–Crippen MR) is 184 cm³/mol. The largest absolute Gasteiger partial charge is 0.493 e. The molecule has 0 radical (unpaired) electrons. The van der Waals surface area contributed by atoms with Crippen molar-refractivity contribution < 1.29 is 27.5 Å². The molecule has 1 atom stereocenters. The van der Waals surface area contributed by atoms with Crippen molar-refractivity contribution in [2.75, 3.05) is 31.6 Å². The summed E-state index contributed by atoms with van der Waals surface area (Å²) in [4.78, 5) is 29.9. The van der Waals surface area contributed by atoms with E-state index < -0.39 is 28.5 Å². The molecule has 0 spiro atoms. The second kappa shape index (κ2) is 16.6. The van der Waals surface area contributed by atoms with Gasteiger partial charge in [-0.15, -0.1) is 0 Å². The zero-order valence-electron chi connectivity index (χ0n) is 27.4. The summed E-state index contributed by atoms with van der Waals surface area (Å²) in [6.45, 7) is 4.03. The number of carbonyl (C=O) groups excluding carboxylic acids is 2. The highest BCUT2D eigenvalue weighted by Crippen LogP contribution is 2.32. The number of nitrogens with one attached hydrogen (secondary N) is 1.